The molecule has 0 saturated heterocycles. The molecule has 3 heterocycles. The number of rotatable bonds is 3. The van der Waals surface area contributed by atoms with Crippen LogP contribution >= 0.6 is 0 Å². The third-order valence-corrected chi connectivity index (χ3v) is 3.71. The Morgan fingerprint density at radius 1 is 1.04 bits per heavy atom. The van der Waals surface area contributed by atoms with E-state index in [1.165, 1.54) is 29.2 Å². The second-order valence-corrected chi connectivity index (χ2v) is 5.33. The van der Waals surface area contributed by atoms with Crippen LogP contribution in [0.15, 0.2) is 55.2 Å². The van der Waals surface area contributed by atoms with Crippen molar-refractivity contribution in [1.29, 1.82) is 0 Å². The number of hydrogen-bond donors (Lipinski definition) is 1. The lowest BCUT2D eigenvalue weighted by molar-refractivity contribution is 0.504. The number of anilines is 1. The van der Waals surface area contributed by atoms with E-state index in [0.29, 0.717) is 5.69 Å². The van der Waals surface area contributed by atoms with Gasteiger partial charge in [-0.15, -0.1) is 10.2 Å². The van der Waals surface area contributed by atoms with Crippen molar-refractivity contribution in [2.24, 2.45) is 0 Å². The van der Waals surface area contributed by atoms with Gasteiger partial charge in [0.2, 0.25) is 0 Å². The molecule has 0 spiro atoms. The zero-order chi connectivity index (χ0) is 18.1. The average molecular weight is 351 g/mol. The Balaban J connectivity index is 1.88. The Morgan fingerprint density at radius 2 is 1.92 bits per heavy atom. The summed E-state index contributed by atoms with van der Waals surface area (Å²) < 4.78 is 29.0. The molecule has 128 valence electrons. The molecule has 0 aliphatic carbocycles. The zero-order valence-corrected chi connectivity index (χ0v) is 13.2. The van der Waals surface area contributed by atoms with Gasteiger partial charge in [-0.05, 0) is 24.3 Å². The van der Waals surface area contributed by atoms with Crippen LogP contribution in [0.5, 0.6) is 0 Å². The summed E-state index contributed by atoms with van der Waals surface area (Å²) in [7, 11) is 0. The van der Waals surface area contributed by atoms with E-state index < -0.39 is 11.6 Å². The van der Waals surface area contributed by atoms with E-state index in [1.807, 2.05) is 6.07 Å². The third kappa shape index (κ3) is 2.65. The van der Waals surface area contributed by atoms with E-state index >= 15 is 0 Å². The number of halogens is 2. The summed E-state index contributed by atoms with van der Waals surface area (Å²) >= 11 is 0. The van der Waals surface area contributed by atoms with Gasteiger partial charge in [-0.3, -0.25) is 9.55 Å². The van der Waals surface area contributed by atoms with Crippen molar-refractivity contribution in [3.8, 4) is 28.5 Å². The first-order chi connectivity index (χ1) is 12.6. The van der Waals surface area contributed by atoms with Gasteiger partial charge >= 0.3 is 0 Å². The fraction of sp³-hybridized carbons (Fsp3) is 0. The molecule has 1 aromatic carbocycles. The summed E-state index contributed by atoms with van der Waals surface area (Å²) in [4.78, 5) is 12.6. The molecule has 0 atom stereocenters. The maximum Gasteiger partial charge on any atom is 0.190 e. The van der Waals surface area contributed by atoms with Crippen LogP contribution in [-0.4, -0.2) is 29.7 Å². The van der Waals surface area contributed by atoms with Gasteiger partial charge in [0.15, 0.2) is 29.0 Å². The van der Waals surface area contributed by atoms with Crippen molar-refractivity contribution in [2.75, 3.05) is 5.73 Å². The van der Waals surface area contributed by atoms with E-state index in [9.17, 15) is 8.78 Å². The van der Waals surface area contributed by atoms with Gasteiger partial charge in [0.05, 0.1) is 17.6 Å². The van der Waals surface area contributed by atoms with Crippen molar-refractivity contribution in [1.82, 2.24) is 29.7 Å². The lowest BCUT2D eigenvalue weighted by Gasteiger charge is -2.10. The van der Waals surface area contributed by atoms with Gasteiger partial charge in [-0.25, -0.2) is 18.7 Å². The first-order valence-electron chi connectivity index (χ1n) is 7.53. The third-order valence-electron chi connectivity index (χ3n) is 3.71. The number of aromatic nitrogens is 6. The largest absolute Gasteiger partial charge is 0.382 e. The lowest BCUT2D eigenvalue weighted by atomic mass is 10.2. The highest BCUT2D eigenvalue weighted by Gasteiger charge is 2.19. The molecule has 0 bridgehead atoms. The quantitative estimate of drug-likeness (QED) is 0.610. The highest BCUT2D eigenvalue weighted by atomic mass is 19.2. The Kier molecular flexibility index (Phi) is 3.81. The summed E-state index contributed by atoms with van der Waals surface area (Å²) in [6.45, 7) is 0. The molecule has 0 fully saturated rings. The van der Waals surface area contributed by atoms with Gasteiger partial charge < -0.3 is 5.73 Å². The van der Waals surface area contributed by atoms with Crippen molar-refractivity contribution in [2.45, 2.75) is 0 Å². The van der Waals surface area contributed by atoms with Crippen LogP contribution in [0.25, 0.3) is 28.5 Å². The van der Waals surface area contributed by atoms with Gasteiger partial charge in [0.1, 0.15) is 6.33 Å². The van der Waals surface area contributed by atoms with Crippen molar-refractivity contribution >= 4 is 5.82 Å². The van der Waals surface area contributed by atoms with E-state index in [-0.39, 0.29) is 23.0 Å². The molecule has 4 rings (SSSR count). The number of benzene rings is 1. The topological polar surface area (TPSA) is 95.4 Å². The molecule has 0 unspecified atom stereocenters. The SMILES string of the molecule is Nc1ncc(-c2cccnc2)nc1-c1nncn1-c1cccc(F)c1F. The maximum atomic E-state index is 14.2. The minimum atomic E-state index is -1.02. The number of nitrogen functional groups attached to an aromatic ring is 1. The van der Waals surface area contributed by atoms with Crippen LogP contribution < -0.4 is 5.73 Å². The predicted molar refractivity (Wildman–Crippen MR) is 89.9 cm³/mol. The van der Waals surface area contributed by atoms with E-state index in [4.69, 9.17) is 5.73 Å². The molecule has 26 heavy (non-hydrogen) atoms. The highest BCUT2D eigenvalue weighted by molar-refractivity contribution is 5.69. The lowest BCUT2D eigenvalue weighted by Crippen LogP contribution is -2.06. The Labute approximate surface area is 146 Å². The summed E-state index contributed by atoms with van der Waals surface area (Å²) in [5, 5.41) is 7.73. The van der Waals surface area contributed by atoms with Gasteiger partial charge in [-0.2, -0.15) is 0 Å². The predicted octanol–water partition coefficient (Wildman–Crippen LogP) is 2.65. The molecule has 4 aromatic rings. The normalized spacial score (nSPS) is 10.8. The minimum absolute atomic E-state index is 0.0574. The molecule has 0 saturated carbocycles. The molecule has 0 amide bonds. The van der Waals surface area contributed by atoms with Crippen LogP contribution in [0.4, 0.5) is 14.6 Å². The fourth-order valence-electron chi connectivity index (χ4n) is 2.47. The number of pyridine rings is 1. The van der Waals surface area contributed by atoms with Crippen molar-refractivity contribution in [3.63, 3.8) is 0 Å². The highest BCUT2D eigenvalue weighted by Crippen LogP contribution is 2.27. The molecule has 0 radical (unpaired) electrons. The number of nitrogens with zero attached hydrogens (tertiary/aromatic N) is 6. The standard InChI is InChI=1S/C17H11F2N7/c18-11-4-1-5-13(14(11)19)26-9-23-25-17(26)15-16(20)22-8-12(24-15)10-3-2-6-21-7-10/h1-9H,(H2,20,22). The Bertz CT molecular complexity index is 1080. The molecule has 0 aliphatic rings. The van der Waals surface area contributed by atoms with Crippen LogP contribution in [0.1, 0.15) is 0 Å². The monoisotopic (exact) mass is 351 g/mol. The fourth-order valence-corrected chi connectivity index (χ4v) is 2.47. The summed E-state index contributed by atoms with van der Waals surface area (Å²) in [5.74, 6) is -1.78. The van der Waals surface area contributed by atoms with Crippen molar-refractivity contribution < 1.29 is 8.78 Å². The van der Waals surface area contributed by atoms with Gasteiger partial charge in [0.25, 0.3) is 0 Å². The van der Waals surface area contributed by atoms with Crippen LogP contribution in [0, 0.1) is 11.6 Å². The second kappa shape index (κ2) is 6.28. The van der Waals surface area contributed by atoms with Crippen LogP contribution in [-0.2, 0) is 0 Å². The first-order valence-corrected chi connectivity index (χ1v) is 7.53. The number of nitrogens with two attached hydrogens (primary N) is 1. The summed E-state index contributed by atoms with van der Waals surface area (Å²) in [5.41, 5.74) is 7.32. The van der Waals surface area contributed by atoms with Crippen LogP contribution in [0.2, 0.25) is 0 Å². The van der Waals surface area contributed by atoms with Crippen LogP contribution in [0.3, 0.4) is 0 Å². The maximum absolute atomic E-state index is 14.2. The molecule has 3 aromatic heterocycles. The van der Waals surface area contributed by atoms with E-state index in [0.717, 1.165) is 11.6 Å². The summed E-state index contributed by atoms with van der Waals surface area (Å²) in [6.07, 6.45) is 6.02. The zero-order valence-electron chi connectivity index (χ0n) is 13.2. The van der Waals surface area contributed by atoms with E-state index in [2.05, 4.69) is 25.1 Å². The molecule has 7 nitrogen and oxygen atoms in total. The van der Waals surface area contributed by atoms with Crippen molar-refractivity contribution in [3.05, 3.63) is 66.9 Å². The molecule has 2 N–H and O–H groups in total. The molecule has 9 heteroatoms. The van der Waals surface area contributed by atoms with Gasteiger partial charge in [0, 0.05) is 18.0 Å². The molecular formula is C17H11F2N7. The minimum Gasteiger partial charge on any atom is -0.382 e. The van der Waals surface area contributed by atoms with Gasteiger partial charge in [-0.1, -0.05) is 6.07 Å². The Hall–Kier alpha value is -3.75. The molecular weight excluding hydrogens is 340 g/mol. The Morgan fingerprint density at radius 3 is 2.73 bits per heavy atom. The first kappa shape index (κ1) is 15.8. The smallest absolute Gasteiger partial charge is 0.190 e. The summed E-state index contributed by atoms with van der Waals surface area (Å²) in [6, 6.07) is 7.39. The second-order valence-electron chi connectivity index (χ2n) is 5.33. The number of hydrogen-bond acceptors (Lipinski definition) is 6. The van der Waals surface area contributed by atoms with E-state index in [1.54, 1.807) is 18.5 Å². The molecule has 0 aliphatic heterocycles. The average Bonchev–Trinajstić information content (AvgIpc) is 3.14.